The van der Waals surface area contributed by atoms with E-state index in [1.54, 1.807) is 18.4 Å². The quantitative estimate of drug-likeness (QED) is 0.263. The number of nitrogens with one attached hydrogen (secondary N) is 3. The van der Waals surface area contributed by atoms with E-state index in [2.05, 4.69) is 78.1 Å². The number of aryl methyl sites for hydroxylation is 1. The number of thiazole rings is 1. The van der Waals surface area contributed by atoms with Gasteiger partial charge in [0.2, 0.25) is 0 Å². The molecular formula is C21H30IN5S. The molecule has 152 valence electrons. The second-order valence-corrected chi connectivity index (χ2v) is 8.78. The summed E-state index contributed by atoms with van der Waals surface area (Å²) in [6.07, 6.45) is 3.04. The number of guanidine groups is 1. The lowest BCUT2D eigenvalue weighted by Gasteiger charge is -2.14. The topological polar surface area (TPSA) is 65.1 Å². The molecule has 0 bridgehead atoms. The van der Waals surface area contributed by atoms with Gasteiger partial charge in [-0.1, -0.05) is 32.9 Å². The van der Waals surface area contributed by atoms with Gasteiger partial charge in [0, 0.05) is 41.5 Å². The predicted molar refractivity (Wildman–Crippen MR) is 131 cm³/mol. The Morgan fingerprint density at radius 3 is 2.71 bits per heavy atom. The normalized spacial score (nSPS) is 12.1. The highest BCUT2D eigenvalue weighted by Gasteiger charge is 2.17. The molecule has 3 N–H and O–H groups in total. The van der Waals surface area contributed by atoms with Crippen LogP contribution in [0.1, 0.15) is 42.6 Å². The summed E-state index contributed by atoms with van der Waals surface area (Å²) in [5, 5.41) is 11.3. The van der Waals surface area contributed by atoms with Crippen molar-refractivity contribution in [3.8, 4) is 0 Å². The average molecular weight is 511 g/mol. The molecule has 0 spiro atoms. The Kier molecular flexibility index (Phi) is 7.88. The van der Waals surface area contributed by atoms with Gasteiger partial charge in [0.15, 0.2) is 5.96 Å². The van der Waals surface area contributed by atoms with Crippen molar-refractivity contribution in [2.75, 3.05) is 13.6 Å². The van der Waals surface area contributed by atoms with Crippen molar-refractivity contribution < 1.29 is 0 Å². The van der Waals surface area contributed by atoms with Crippen LogP contribution in [0.15, 0.2) is 34.8 Å². The molecule has 7 heteroatoms. The largest absolute Gasteiger partial charge is 0.361 e. The highest BCUT2D eigenvalue weighted by atomic mass is 127. The molecule has 3 aromatic rings. The molecule has 2 aromatic heterocycles. The van der Waals surface area contributed by atoms with Gasteiger partial charge in [0.25, 0.3) is 0 Å². The molecule has 5 nitrogen and oxygen atoms in total. The zero-order chi connectivity index (χ0) is 19.4. The third-order valence-corrected chi connectivity index (χ3v) is 5.41. The summed E-state index contributed by atoms with van der Waals surface area (Å²) in [6.45, 7) is 10.2. The number of fused-ring (bicyclic) bond motifs is 1. The highest BCUT2D eigenvalue weighted by Crippen LogP contribution is 2.23. The molecule has 0 aliphatic heterocycles. The monoisotopic (exact) mass is 511 g/mol. The number of nitrogens with zero attached hydrogens (tertiary/aromatic N) is 2. The average Bonchev–Trinajstić information content (AvgIpc) is 3.24. The minimum absolute atomic E-state index is 0. The van der Waals surface area contributed by atoms with Gasteiger partial charge in [0.1, 0.15) is 5.01 Å². The standard InChI is InChI=1S/C21H29N5S.HI/c1-14-6-7-16-15(11-24-17(16)10-14)8-9-23-20(22-5)25-12-19-26-18(13-27-19)21(2,3)4;/h6-7,10-11,13,24H,8-9,12H2,1-5H3,(H2,22,23,25);1H. The molecule has 28 heavy (non-hydrogen) atoms. The maximum absolute atomic E-state index is 4.72. The lowest BCUT2D eigenvalue weighted by molar-refractivity contribution is 0.570. The summed E-state index contributed by atoms with van der Waals surface area (Å²) in [7, 11) is 1.80. The van der Waals surface area contributed by atoms with Gasteiger partial charge in [-0.05, 0) is 30.5 Å². The molecule has 0 radical (unpaired) electrons. The second-order valence-electron chi connectivity index (χ2n) is 7.84. The van der Waals surface area contributed by atoms with Gasteiger partial charge in [-0.15, -0.1) is 35.3 Å². The number of hydrogen-bond donors (Lipinski definition) is 3. The number of aliphatic imine (C=N–C) groups is 1. The van der Waals surface area contributed by atoms with Gasteiger partial charge >= 0.3 is 0 Å². The molecular weight excluding hydrogens is 481 g/mol. The molecule has 1 aromatic carbocycles. The third-order valence-electron chi connectivity index (χ3n) is 4.56. The van der Waals surface area contributed by atoms with Crippen LogP contribution in [0.2, 0.25) is 0 Å². The fourth-order valence-electron chi connectivity index (χ4n) is 2.94. The van der Waals surface area contributed by atoms with Gasteiger partial charge in [0.05, 0.1) is 12.2 Å². The number of H-pyrrole nitrogens is 1. The van der Waals surface area contributed by atoms with Crippen LogP contribution in [0.5, 0.6) is 0 Å². The minimum Gasteiger partial charge on any atom is -0.361 e. The van der Waals surface area contributed by atoms with E-state index in [0.717, 1.165) is 29.6 Å². The van der Waals surface area contributed by atoms with Gasteiger partial charge in [-0.3, -0.25) is 4.99 Å². The number of aromatic nitrogens is 2. The van der Waals surface area contributed by atoms with E-state index < -0.39 is 0 Å². The van der Waals surface area contributed by atoms with Gasteiger partial charge in [-0.2, -0.15) is 0 Å². The third kappa shape index (κ3) is 5.70. The summed E-state index contributed by atoms with van der Waals surface area (Å²) >= 11 is 1.69. The lowest BCUT2D eigenvalue weighted by Crippen LogP contribution is -2.37. The highest BCUT2D eigenvalue weighted by molar-refractivity contribution is 14.0. The Bertz CT molecular complexity index is 936. The molecule has 0 fully saturated rings. The number of benzene rings is 1. The van der Waals surface area contributed by atoms with Crippen LogP contribution in [-0.4, -0.2) is 29.5 Å². The van der Waals surface area contributed by atoms with Crippen molar-refractivity contribution in [2.45, 2.75) is 46.1 Å². The number of rotatable bonds is 5. The summed E-state index contributed by atoms with van der Waals surface area (Å²) in [5.41, 5.74) is 5.03. The zero-order valence-corrected chi connectivity index (χ0v) is 20.4. The van der Waals surface area contributed by atoms with E-state index in [1.165, 1.54) is 22.0 Å². The van der Waals surface area contributed by atoms with Gasteiger partial charge < -0.3 is 15.6 Å². The Balaban J connectivity index is 0.00000280. The van der Waals surface area contributed by atoms with Crippen LogP contribution in [0.3, 0.4) is 0 Å². The van der Waals surface area contributed by atoms with Crippen molar-refractivity contribution >= 4 is 52.2 Å². The maximum Gasteiger partial charge on any atom is 0.191 e. The summed E-state index contributed by atoms with van der Waals surface area (Å²) < 4.78 is 0. The molecule has 0 unspecified atom stereocenters. The lowest BCUT2D eigenvalue weighted by atomic mass is 9.93. The Morgan fingerprint density at radius 1 is 1.25 bits per heavy atom. The van der Waals surface area contributed by atoms with Crippen LogP contribution in [-0.2, 0) is 18.4 Å². The summed E-state index contributed by atoms with van der Waals surface area (Å²) in [4.78, 5) is 12.4. The van der Waals surface area contributed by atoms with Crippen LogP contribution in [0.4, 0.5) is 0 Å². The van der Waals surface area contributed by atoms with Crippen molar-refractivity contribution in [1.82, 2.24) is 20.6 Å². The number of aromatic amines is 1. The van der Waals surface area contributed by atoms with Crippen molar-refractivity contribution in [2.24, 2.45) is 4.99 Å². The van der Waals surface area contributed by atoms with Gasteiger partial charge in [-0.25, -0.2) is 4.98 Å². The smallest absolute Gasteiger partial charge is 0.191 e. The van der Waals surface area contributed by atoms with Crippen molar-refractivity contribution in [1.29, 1.82) is 0 Å². The van der Waals surface area contributed by atoms with E-state index in [-0.39, 0.29) is 29.4 Å². The molecule has 0 aliphatic carbocycles. The summed E-state index contributed by atoms with van der Waals surface area (Å²) in [6, 6.07) is 6.54. The zero-order valence-electron chi connectivity index (χ0n) is 17.2. The van der Waals surface area contributed by atoms with E-state index in [4.69, 9.17) is 4.98 Å². The van der Waals surface area contributed by atoms with E-state index in [1.807, 2.05) is 0 Å². The number of hydrogen-bond acceptors (Lipinski definition) is 3. The maximum atomic E-state index is 4.72. The van der Waals surface area contributed by atoms with E-state index >= 15 is 0 Å². The van der Waals surface area contributed by atoms with E-state index in [9.17, 15) is 0 Å². The van der Waals surface area contributed by atoms with Crippen LogP contribution < -0.4 is 10.6 Å². The predicted octanol–water partition coefficient (Wildman–Crippen LogP) is 4.76. The van der Waals surface area contributed by atoms with Crippen molar-refractivity contribution in [3.63, 3.8) is 0 Å². The van der Waals surface area contributed by atoms with Crippen LogP contribution >= 0.6 is 35.3 Å². The fourth-order valence-corrected chi connectivity index (χ4v) is 3.90. The molecule has 2 heterocycles. The first-order valence-corrected chi connectivity index (χ1v) is 10.2. The molecule has 0 atom stereocenters. The Labute approximate surface area is 188 Å². The first kappa shape index (κ1) is 22.7. The molecule has 0 saturated heterocycles. The first-order chi connectivity index (χ1) is 12.9. The van der Waals surface area contributed by atoms with Crippen molar-refractivity contribution in [3.05, 3.63) is 51.6 Å². The minimum atomic E-state index is 0. The molecule has 3 rings (SSSR count). The van der Waals surface area contributed by atoms with E-state index in [0.29, 0.717) is 6.54 Å². The summed E-state index contributed by atoms with van der Waals surface area (Å²) in [5.74, 6) is 0.804. The Morgan fingerprint density at radius 2 is 2.04 bits per heavy atom. The fraction of sp³-hybridized carbons (Fsp3) is 0.429. The second kappa shape index (κ2) is 9.73. The number of halogens is 1. The molecule has 0 amide bonds. The van der Waals surface area contributed by atoms with Crippen LogP contribution in [0.25, 0.3) is 10.9 Å². The SMILES string of the molecule is CN=C(NCCc1c[nH]c2cc(C)ccc12)NCc1nc(C(C)(C)C)cs1.I. The van der Waals surface area contributed by atoms with Crippen LogP contribution in [0, 0.1) is 6.92 Å². The Hall–Kier alpha value is -1.61. The molecule has 0 saturated carbocycles. The molecule has 0 aliphatic rings. The first-order valence-electron chi connectivity index (χ1n) is 9.33.